The first kappa shape index (κ1) is 13.2. The topological polar surface area (TPSA) is 50.3 Å². The van der Waals surface area contributed by atoms with E-state index in [2.05, 4.69) is 27.1 Å². The van der Waals surface area contributed by atoms with Crippen molar-refractivity contribution < 1.29 is 4.74 Å². The second kappa shape index (κ2) is 6.11. The van der Waals surface area contributed by atoms with Crippen molar-refractivity contribution in [3.63, 3.8) is 0 Å². The van der Waals surface area contributed by atoms with Crippen LogP contribution in [0.25, 0.3) is 0 Å². The largest absolute Gasteiger partial charge is 0.377 e. The van der Waals surface area contributed by atoms with Crippen molar-refractivity contribution >= 4 is 5.95 Å². The number of aryl methyl sites for hydroxylation is 1. The van der Waals surface area contributed by atoms with Crippen LogP contribution in [-0.4, -0.2) is 42.8 Å². The van der Waals surface area contributed by atoms with Crippen LogP contribution in [0.5, 0.6) is 0 Å². The third kappa shape index (κ3) is 3.40. The van der Waals surface area contributed by atoms with Crippen LogP contribution in [0, 0.1) is 6.92 Å². The average molecular weight is 250 g/mol. The Kier molecular flexibility index (Phi) is 4.49. The maximum Gasteiger partial charge on any atom is 0.225 e. The summed E-state index contributed by atoms with van der Waals surface area (Å²) < 4.78 is 5.65. The molecule has 0 saturated carbocycles. The van der Waals surface area contributed by atoms with Gasteiger partial charge in [0.05, 0.1) is 11.8 Å². The van der Waals surface area contributed by atoms with Crippen LogP contribution in [0.3, 0.4) is 0 Å². The Morgan fingerprint density at radius 2 is 2.33 bits per heavy atom. The molecule has 1 aromatic heterocycles. The minimum Gasteiger partial charge on any atom is -0.377 e. The third-order valence-electron chi connectivity index (χ3n) is 2.99. The van der Waals surface area contributed by atoms with Crippen molar-refractivity contribution in [2.45, 2.75) is 32.9 Å². The molecule has 1 aliphatic rings. The van der Waals surface area contributed by atoms with E-state index in [1.807, 2.05) is 20.0 Å². The summed E-state index contributed by atoms with van der Waals surface area (Å²) in [5, 5.41) is 3.13. The summed E-state index contributed by atoms with van der Waals surface area (Å²) in [6.07, 6.45) is 1.27. The molecule has 1 fully saturated rings. The van der Waals surface area contributed by atoms with Crippen molar-refractivity contribution in [1.29, 1.82) is 0 Å². The van der Waals surface area contributed by atoms with Gasteiger partial charge in [-0.25, -0.2) is 9.97 Å². The minimum atomic E-state index is 0.240. The Labute approximate surface area is 109 Å². The van der Waals surface area contributed by atoms with Crippen LogP contribution in [-0.2, 0) is 11.3 Å². The molecule has 0 aliphatic carbocycles. The van der Waals surface area contributed by atoms with Crippen molar-refractivity contribution in [3.05, 3.63) is 17.5 Å². The van der Waals surface area contributed by atoms with Crippen LogP contribution in [0.2, 0.25) is 0 Å². The van der Waals surface area contributed by atoms with Crippen molar-refractivity contribution in [3.8, 4) is 0 Å². The molecule has 5 nitrogen and oxygen atoms in total. The third-order valence-corrected chi connectivity index (χ3v) is 2.99. The summed E-state index contributed by atoms with van der Waals surface area (Å²) in [5.41, 5.74) is 2.06. The molecule has 1 aromatic rings. The number of nitrogens with one attached hydrogen (secondary N) is 1. The van der Waals surface area contributed by atoms with Crippen molar-refractivity contribution in [2.75, 3.05) is 31.6 Å². The van der Waals surface area contributed by atoms with Gasteiger partial charge >= 0.3 is 0 Å². The Balaban J connectivity index is 2.19. The van der Waals surface area contributed by atoms with Gasteiger partial charge in [-0.1, -0.05) is 0 Å². The van der Waals surface area contributed by atoms with Gasteiger partial charge in [-0.05, 0) is 33.4 Å². The molecule has 2 heterocycles. The molecule has 1 atom stereocenters. The number of ether oxygens (including phenoxy) is 1. The smallest absolute Gasteiger partial charge is 0.225 e. The van der Waals surface area contributed by atoms with Gasteiger partial charge in [0.15, 0.2) is 0 Å². The fraction of sp³-hybridized carbons (Fsp3) is 0.692. The Hall–Kier alpha value is -1.20. The first-order valence-electron chi connectivity index (χ1n) is 6.54. The Morgan fingerprint density at radius 1 is 1.50 bits per heavy atom. The molecule has 0 radical (unpaired) electrons. The molecular formula is C13H22N4O. The zero-order valence-corrected chi connectivity index (χ0v) is 11.4. The molecule has 1 aliphatic heterocycles. The molecule has 5 heteroatoms. The van der Waals surface area contributed by atoms with Crippen LogP contribution in [0.15, 0.2) is 6.07 Å². The molecule has 100 valence electrons. The summed E-state index contributed by atoms with van der Waals surface area (Å²) in [6.45, 7) is 7.54. The highest BCUT2D eigenvalue weighted by Crippen LogP contribution is 2.14. The molecule has 2 rings (SSSR count). The van der Waals surface area contributed by atoms with E-state index in [4.69, 9.17) is 4.74 Å². The Morgan fingerprint density at radius 3 is 3.11 bits per heavy atom. The monoisotopic (exact) mass is 250 g/mol. The summed E-state index contributed by atoms with van der Waals surface area (Å²) in [5.74, 6) is 0.831. The summed E-state index contributed by atoms with van der Waals surface area (Å²) in [7, 11) is 1.93. The minimum absolute atomic E-state index is 0.240. The summed E-state index contributed by atoms with van der Waals surface area (Å²) in [6, 6.07) is 2.03. The fourth-order valence-electron chi connectivity index (χ4n) is 2.21. The van der Waals surface area contributed by atoms with Gasteiger partial charge < -0.3 is 15.0 Å². The number of hydrogen-bond donors (Lipinski definition) is 1. The van der Waals surface area contributed by atoms with Crippen LogP contribution in [0.1, 0.15) is 24.7 Å². The predicted molar refractivity (Wildman–Crippen MR) is 71.8 cm³/mol. The standard InChI is InChI=1S/C13H22N4O/c1-10-7-12(8-14-3)16-13(15-10)17-5-4-6-18-11(2)9-17/h7,11,14H,4-6,8-9H2,1-3H3. The number of hydrogen-bond acceptors (Lipinski definition) is 5. The molecule has 0 bridgehead atoms. The van der Waals surface area contributed by atoms with Gasteiger partial charge in [-0.3, -0.25) is 0 Å². The van der Waals surface area contributed by atoms with E-state index in [0.717, 1.165) is 50.0 Å². The molecule has 0 amide bonds. The van der Waals surface area contributed by atoms with Crippen LogP contribution < -0.4 is 10.2 Å². The van der Waals surface area contributed by atoms with Gasteiger partial charge in [-0.2, -0.15) is 0 Å². The Bertz CT molecular complexity index is 397. The highest BCUT2D eigenvalue weighted by molar-refractivity contribution is 5.32. The van der Waals surface area contributed by atoms with Crippen LogP contribution >= 0.6 is 0 Å². The SMILES string of the molecule is CNCc1cc(C)nc(N2CCCOC(C)C2)n1. The van der Waals surface area contributed by atoms with E-state index in [1.165, 1.54) is 0 Å². The summed E-state index contributed by atoms with van der Waals surface area (Å²) in [4.78, 5) is 11.4. The zero-order valence-electron chi connectivity index (χ0n) is 11.4. The van der Waals surface area contributed by atoms with E-state index in [0.29, 0.717) is 0 Å². The quantitative estimate of drug-likeness (QED) is 0.871. The van der Waals surface area contributed by atoms with E-state index in [9.17, 15) is 0 Å². The van der Waals surface area contributed by atoms with Gasteiger partial charge in [0.2, 0.25) is 5.95 Å². The summed E-state index contributed by atoms with van der Waals surface area (Å²) >= 11 is 0. The molecule has 1 saturated heterocycles. The first-order valence-corrected chi connectivity index (χ1v) is 6.54. The molecule has 18 heavy (non-hydrogen) atoms. The molecule has 0 aromatic carbocycles. The number of aromatic nitrogens is 2. The van der Waals surface area contributed by atoms with E-state index in [-0.39, 0.29) is 6.10 Å². The van der Waals surface area contributed by atoms with Crippen molar-refractivity contribution in [1.82, 2.24) is 15.3 Å². The van der Waals surface area contributed by atoms with E-state index in [1.54, 1.807) is 0 Å². The van der Waals surface area contributed by atoms with Crippen LogP contribution in [0.4, 0.5) is 5.95 Å². The second-order valence-electron chi connectivity index (χ2n) is 4.81. The lowest BCUT2D eigenvalue weighted by Gasteiger charge is -2.22. The lowest BCUT2D eigenvalue weighted by atomic mass is 10.3. The fourth-order valence-corrected chi connectivity index (χ4v) is 2.21. The number of nitrogens with zero attached hydrogens (tertiary/aromatic N) is 3. The maximum absolute atomic E-state index is 5.65. The maximum atomic E-state index is 5.65. The van der Waals surface area contributed by atoms with E-state index >= 15 is 0 Å². The lowest BCUT2D eigenvalue weighted by Crippen LogP contribution is -2.32. The second-order valence-corrected chi connectivity index (χ2v) is 4.81. The molecule has 0 spiro atoms. The normalized spacial score (nSPS) is 20.8. The highest BCUT2D eigenvalue weighted by Gasteiger charge is 2.18. The molecular weight excluding hydrogens is 228 g/mol. The predicted octanol–water partition coefficient (Wildman–Crippen LogP) is 1.12. The van der Waals surface area contributed by atoms with Gasteiger partial charge in [0, 0.05) is 31.9 Å². The average Bonchev–Trinajstić information content (AvgIpc) is 2.53. The molecule has 1 unspecified atom stereocenters. The van der Waals surface area contributed by atoms with Crippen molar-refractivity contribution in [2.24, 2.45) is 0 Å². The van der Waals surface area contributed by atoms with Gasteiger partial charge in [0.25, 0.3) is 0 Å². The van der Waals surface area contributed by atoms with E-state index < -0.39 is 0 Å². The first-order chi connectivity index (χ1) is 8.69. The number of anilines is 1. The molecule has 1 N–H and O–H groups in total. The lowest BCUT2D eigenvalue weighted by molar-refractivity contribution is 0.0820. The number of rotatable bonds is 3. The highest BCUT2D eigenvalue weighted by atomic mass is 16.5. The zero-order chi connectivity index (χ0) is 13.0. The van der Waals surface area contributed by atoms with Gasteiger partial charge in [-0.15, -0.1) is 0 Å². The van der Waals surface area contributed by atoms with Gasteiger partial charge in [0.1, 0.15) is 0 Å².